The van der Waals surface area contributed by atoms with Crippen LogP contribution in [0.2, 0.25) is 0 Å². The van der Waals surface area contributed by atoms with Crippen LogP contribution in [0.1, 0.15) is 13.8 Å². The van der Waals surface area contributed by atoms with Gasteiger partial charge in [-0.1, -0.05) is 11.6 Å². The summed E-state index contributed by atoms with van der Waals surface area (Å²) in [6.45, 7) is 4.58. The molecule has 2 unspecified atom stereocenters. The van der Waals surface area contributed by atoms with Crippen molar-refractivity contribution >= 4 is 11.8 Å². The van der Waals surface area contributed by atoms with E-state index in [1.807, 2.05) is 11.8 Å². The zero-order valence-corrected chi connectivity index (χ0v) is 6.61. The summed E-state index contributed by atoms with van der Waals surface area (Å²) in [7, 11) is 0. The fourth-order valence-electron chi connectivity index (χ4n) is 0.933. The first-order chi connectivity index (χ1) is 4.24. The predicted octanol–water partition coefficient (Wildman–Crippen LogP) is 1.43. The Kier molecular flexibility index (Phi) is 2.19. The Labute approximate surface area is 60.2 Å². The van der Waals surface area contributed by atoms with E-state index in [1.54, 1.807) is 0 Å². The summed E-state index contributed by atoms with van der Waals surface area (Å²) in [5.41, 5.74) is 1.40. The average Bonchev–Trinajstić information content (AvgIpc) is 2.13. The number of aliphatic hydroxyl groups is 1. The lowest BCUT2D eigenvalue weighted by Crippen LogP contribution is -2.01. The molecule has 0 spiro atoms. The SMILES string of the molecule is CC1=CC(CO)SC1C. The van der Waals surface area contributed by atoms with Crippen molar-refractivity contribution < 1.29 is 5.11 Å². The van der Waals surface area contributed by atoms with Crippen molar-refractivity contribution in [1.82, 2.24) is 0 Å². The summed E-state index contributed by atoms with van der Waals surface area (Å²) in [6.07, 6.45) is 2.15. The third-order valence-corrected chi connectivity index (χ3v) is 3.06. The highest BCUT2D eigenvalue weighted by atomic mass is 32.2. The summed E-state index contributed by atoms with van der Waals surface area (Å²) >= 11 is 1.83. The standard InChI is InChI=1S/C7H12OS/c1-5-3-7(4-8)9-6(5)2/h3,6-8H,4H2,1-2H3. The van der Waals surface area contributed by atoms with Crippen molar-refractivity contribution in [3.63, 3.8) is 0 Å². The highest BCUT2D eigenvalue weighted by molar-refractivity contribution is 8.01. The number of rotatable bonds is 1. The molecule has 1 rings (SSSR count). The van der Waals surface area contributed by atoms with Gasteiger partial charge in [-0.05, 0) is 13.8 Å². The van der Waals surface area contributed by atoms with Crippen molar-refractivity contribution in [1.29, 1.82) is 0 Å². The van der Waals surface area contributed by atoms with Gasteiger partial charge in [0.15, 0.2) is 0 Å². The Morgan fingerprint density at radius 2 is 2.44 bits per heavy atom. The molecule has 0 radical (unpaired) electrons. The van der Waals surface area contributed by atoms with Crippen LogP contribution in [0.15, 0.2) is 11.6 Å². The van der Waals surface area contributed by atoms with Gasteiger partial charge in [-0.15, -0.1) is 11.8 Å². The van der Waals surface area contributed by atoms with E-state index in [0.717, 1.165) is 0 Å². The molecule has 0 fully saturated rings. The lowest BCUT2D eigenvalue weighted by atomic mass is 10.2. The molecule has 52 valence electrons. The fourth-order valence-corrected chi connectivity index (χ4v) is 2.13. The first-order valence-electron chi connectivity index (χ1n) is 3.18. The molecule has 1 heterocycles. The minimum Gasteiger partial charge on any atom is -0.395 e. The third kappa shape index (κ3) is 1.49. The molecule has 9 heavy (non-hydrogen) atoms. The van der Waals surface area contributed by atoms with Gasteiger partial charge < -0.3 is 5.11 Å². The average molecular weight is 144 g/mol. The molecule has 0 aliphatic carbocycles. The van der Waals surface area contributed by atoms with Gasteiger partial charge in [0.05, 0.1) is 6.61 Å². The normalized spacial score (nSPS) is 34.8. The number of hydrogen-bond acceptors (Lipinski definition) is 2. The quantitative estimate of drug-likeness (QED) is 0.562. The number of hydrogen-bond donors (Lipinski definition) is 1. The fraction of sp³-hybridized carbons (Fsp3) is 0.714. The Morgan fingerprint density at radius 3 is 2.67 bits per heavy atom. The molecule has 0 aromatic carbocycles. The van der Waals surface area contributed by atoms with Crippen LogP contribution in [0.3, 0.4) is 0 Å². The largest absolute Gasteiger partial charge is 0.395 e. The second kappa shape index (κ2) is 2.76. The van der Waals surface area contributed by atoms with Gasteiger partial charge in [0.2, 0.25) is 0 Å². The summed E-state index contributed by atoms with van der Waals surface area (Å²) in [4.78, 5) is 0. The van der Waals surface area contributed by atoms with E-state index < -0.39 is 0 Å². The maximum Gasteiger partial charge on any atom is 0.0585 e. The zero-order chi connectivity index (χ0) is 6.85. The van der Waals surface area contributed by atoms with Gasteiger partial charge in [-0.3, -0.25) is 0 Å². The lowest BCUT2D eigenvalue weighted by molar-refractivity contribution is 0.307. The molecule has 0 aromatic heterocycles. The van der Waals surface area contributed by atoms with E-state index in [4.69, 9.17) is 5.11 Å². The van der Waals surface area contributed by atoms with Crippen molar-refractivity contribution in [3.8, 4) is 0 Å². The van der Waals surface area contributed by atoms with Crippen LogP contribution in [0.4, 0.5) is 0 Å². The highest BCUT2D eigenvalue weighted by Gasteiger charge is 2.18. The second-order valence-corrected chi connectivity index (χ2v) is 3.99. The summed E-state index contributed by atoms with van der Waals surface area (Å²) in [5.74, 6) is 0. The van der Waals surface area contributed by atoms with Crippen molar-refractivity contribution in [3.05, 3.63) is 11.6 Å². The highest BCUT2D eigenvalue weighted by Crippen LogP contribution is 2.31. The third-order valence-electron chi connectivity index (χ3n) is 1.65. The van der Waals surface area contributed by atoms with Crippen molar-refractivity contribution in [2.75, 3.05) is 6.61 Å². The van der Waals surface area contributed by atoms with E-state index in [2.05, 4.69) is 19.9 Å². The minimum absolute atomic E-state index is 0.284. The molecule has 1 N–H and O–H groups in total. The van der Waals surface area contributed by atoms with Gasteiger partial charge in [-0.25, -0.2) is 0 Å². The first-order valence-corrected chi connectivity index (χ1v) is 4.13. The molecule has 1 aliphatic rings. The van der Waals surface area contributed by atoms with E-state index in [0.29, 0.717) is 10.5 Å². The summed E-state index contributed by atoms with van der Waals surface area (Å²) < 4.78 is 0. The van der Waals surface area contributed by atoms with E-state index in [-0.39, 0.29) is 6.61 Å². The molecule has 2 heteroatoms. The van der Waals surface area contributed by atoms with E-state index in [9.17, 15) is 0 Å². The maximum absolute atomic E-state index is 8.74. The van der Waals surface area contributed by atoms with Crippen LogP contribution < -0.4 is 0 Å². The molecule has 0 saturated heterocycles. The Morgan fingerprint density at radius 1 is 1.78 bits per heavy atom. The summed E-state index contributed by atoms with van der Waals surface area (Å²) in [5, 5.41) is 9.71. The van der Waals surface area contributed by atoms with E-state index >= 15 is 0 Å². The van der Waals surface area contributed by atoms with Gasteiger partial charge in [-0.2, -0.15) is 0 Å². The smallest absolute Gasteiger partial charge is 0.0585 e. The van der Waals surface area contributed by atoms with Crippen molar-refractivity contribution in [2.24, 2.45) is 0 Å². The van der Waals surface area contributed by atoms with Crippen LogP contribution in [-0.2, 0) is 0 Å². The predicted molar refractivity (Wildman–Crippen MR) is 41.7 cm³/mol. The summed E-state index contributed by atoms with van der Waals surface area (Å²) in [6, 6.07) is 0. The maximum atomic E-state index is 8.74. The Balaban J connectivity index is 2.52. The van der Waals surface area contributed by atoms with Crippen LogP contribution >= 0.6 is 11.8 Å². The molecule has 2 atom stereocenters. The molecule has 0 bridgehead atoms. The molecule has 0 amide bonds. The number of thioether (sulfide) groups is 1. The van der Waals surface area contributed by atoms with Gasteiger partial charge in [0, 0.05) is 10.5 Å². The second-order valence-electron chi connectivity index (χ2n) is 2.41. The molecule has 0 aromatic rings. The van der Waals surface area contributed by atoms with Gasteiger partial charge >= 0.3 is 0 Å². The van der Waals surface area contributed by atoms with Crippen LogP contribution in [0.5, 0.6) is 0 Å². The van der Waals surface area contributed by atoms with Crippen LogP contribution in [0, 0.1) is 0 Å². The van der Waals surface area contributed by atoms with Crippen molar-refractivity contribution in [2.45, 2.75) is 24.3 Å². The van der Waals surface area contributed by atoms with Crippen LogP contribution in [-0.4, -0.2) is 22.2 Å². The first kappa shape index (κ1) is 7.16. The molecule has 1 aliphatic heterocycles. The number of aliphatic hydroxyl groups excluding tert-OH is 1. The lowest BCUT2D eigenvalue weighted by Gasteiger charge is -2.03. The van der Waals surface area contributed by atoms with Gasteiger partial charge in [0.1, 0.15) is 0 Å². The van der Waals surface area contributed by atoms with E-state index in [1.165, 1.54) is 5.57 Å². The Hall–Kier alpha value is 0.0500. The topological polar surface area (TPSA) is 20.2 Å². The minimum atomic E-state index is 0.284. The molecular weight excluding hydrogens is 132 g/mol. The zero-order valence-electron chi connectivity index (χ0n) is 5.79. The molecular formula is C7H12OS. The van der Waals surface area contributed by atoms with Gasteiger partial charge in [0.25, 0.3) is 0 Å². The van der Waals surface area contributed by atoms with Crippen LogP contribution in [0.25, 0.3) is 0 Å². The Bertz CT molecular complexity index is 131. The monoisotopic (exact) mass is 144 g/mol. The molecule has 0 saturated carbocycles. The molecule has 1 nitrogen and oxygen atoms in total.